The fourth-order valence-electron chi connectivity index (χ4n) is 2.10. The summed E-state index contributed by atoms with van der Waals surface area (Å²) in [5.41, 5.74) is 2.69. The van der Waals surface area contributed by atoms with Gasteiger partial charge >= 0.3 is 0 Å². The van der Waals surface area contributed by atoms with Crippen molar-refractivity contribution in [3.8, 4) is 5.82 Å². The monoisotopic (exact) mass is 220 g/mol. The molecular weight excluding hydrogens is 208 g/mol. The van der Waals surface area contributed by atoms with Crippen molar-refractivity contribution in [1.82, 2.24) is 20.3 Å². The summed E-state index contributed by atoms with van der Waals surface area (Å²) in [6.45, 7) is 3.17. The second-order valence-electron chi connectivity index (χ2n) is 3.86. The van der Waals surface area contributed by atoms with E-state index in [-0.39, 0.29) is 0 Å². The number of nitrogens with one attached hydrogen (secondary N) is 1. The molecule has 16 heavy (non-hydrogen) atoms. The molecule has 0 amide bonds. The van der Waals surface area contributed by atoms with Gasteiger partial charge in [-0.3, -0.25) is 0 Å². The van der Waals surface area contributed by atoms with Crippen LogP contribution in [0, 0.1) is 6.92 Å². The molecule has 6 heteroatoms. The van der Waals surface area contributed by atoms with Crippen LogP contribution in [0.15, 0.2) is 16.9 Å². The van der Waals surface area contributed by atoms with Crippen molar-refractivity contribution < 1.29 is 9.63 Å². The SMILES string of the molecule is Cc1c2c(nn1-c1ccon1)CNCC2O. The molecule has 2 aromatic heterocycles. The molecule has 0 aliphatic carbocycles. The van der Waals surface area contributed by atoms with E-state index in [9.17, 15) is 5.11 Å². The van der Waals surface area contributed by atoms with Crippen LogP contribution in [0.5, 0.6) is 0 Å². The Hall–Kier alpha value is -1.66. The molecule has 3 heterocycles. The molecule has 0 radical (unpaired) electrons. The maximum absolute atomic E-state index is 9.89. The first kappa shape index (κ1) is 9.56. The molecule has 1 unspecified atom stereocenters. The van der Waals surface area contributed by atoms with Crippen LogP contribution in [0.4, 0.5) is 0 Å². The van der Waals surface area contributed by atoms with E-state index < -0.39 is 6.10 Å². The minimum absolute atomic E-state index is 0.496. The Bertz CT molecular complexity index is 503. The lowest BCUT2D eigenvalue weighted by molar-refractivity contribution is 0.164. The Morgan fingerprint density at radius 2 is 2.50 bits per heavy atom. The predicted molar refractivity (Wildman–Crippen MR) is 55.0 cm³/mol. The molecule has 1 atom stereocenters. The molecule has 2 aromatic rings. The number of fused-ring (bicyclic) bond motifs is 1. The van der Waals surface area contributed by atoms with E-state index >= 15 is 0 Å². The van der Waals surface area contributed by atoms with Gasteiger partial charge in [0.1, 0.15) is 6.26 Å². The maximum atomic E-state index is 9.89. The molecule has 0 fully saturated rings. The van der Waals surface area contributed by atoms with Crippen LogP contribution in [0.25, 0.3) is 5.82 Å². The normalized spacial score (nSPS) is 19.8. The van der Waals surface area contributed by atoms with Gasteiger partial charge in [0.05, 0.1) is 11.8 Å². The Labute approximate surface area is 91.9 Å². The third-order valence-corrected chi connectivity index (χ3v) is 2.84. The number of nitrogens with zero attached hydrogens (tertiary/aromatic N) is 3. The van der Waals surface area contributed by atoms with Crippen LogP contribution in [0.1, 0.15) is 23.1 Å². The van der Waals surface area contributed by atoms with E-state index in [2.05, 4.69) is 15.6 Å². The first-order valence-corrected chi connectivity index (χ1v) is 5.15. The van der Waals surface area contributed by atoms with Crippen LogP contribution in [-0.4, -0.2) is 26.6 Å². The standard InChI is InChI=1S/C10H12N4O2/c1-6-10-7(4-11-5-8(10)15)12-14(6)9-2-3-16-13-9/h2-3,8,11,15H,4-5H2,1H3. The largest absolute Gasteiger partial charge is 0.387 e. The van der Waals surface area contributed by atoms with Gasteiger partial charge in [-0.15, -0.1) is 0 Å². The molecule has 3 rings (SSSR count). The van der Waals surface area contributed by atoms with Crippen LogP contribution < -0.4 is 5.32 Å². The van der Waals surface area contributed by atoms with E-state index in [0.29, 0.717) is 18.9 Å². The van der Waals surface area contributed by atoms with Crippen LogP contribution in [-0.2, 0) is 6.54 Å². The summed E-state index contributed by atoms with van der Waals surface area (Å²) < 4.78 is 6.49. The molecule has 1 aliphatic heterocycles. The highest BCUT2D eigenvalue weighted by atomic mass is 16.5. The number of aliphatic hydroxyl groups excluding tert-OH is 1. The van der Waals surface area contributed by atoms with E-state index in [0.717, 1.165) is 17.0 Å². The van der Waals surface area contributed by atoms with Gasteiger partial charge in [0.25, 0.3) is 0 Å². The summed E-state index contributed by atoms with van der Waals surface area (Å²) in [6, 6.07) is 1.74. The zero-order valence-electron chi connectivity index (χ0n) is 8.84. The van der Waals surface area contributed by atoms with E-state index in [1.165, 1.54) is 6.26 Å². The number of aromatic nitrogens is 3. The molecule has 0 saturated carbocycles. The highest BCUT2D eigenvalue weighted by Gasteiger charge is 2.25. The van der Waals surface area contributed by atoms with Gasteiger partial charge in [0.15, 0.2) is 5.82 Å². The van der Waals surface area contributed by atoms with Crippen molar-refractivity contribution in [2.75, 3.05) is 6.54 Å². The zero-order valence-corrected chi connectivity index (χ0v) is 8.84. The first-order chi connectivity index (χ1) is 7.77. The minimum Gasteiger partial charge on any atom is -0.387 e. The molecule has 0 aromatic carbocycles. The van der Waals surface area contributed by atoms with Crippen molar-refractivity contribution in [3.63, 3.8) is 0 Å². The summed E-state index contributed by atoms with van der Waals surface area (Å²) >= 11 is 0. The average molecular weight is 220 g/mol. The number of rotatable bonds is 1. The fourth-order valence-corrected chi connectivity index (χ4v) is 2.10. The average Bonchev–Trinajstić information content (AvgIpc) is 2.86. The van der Waals surface area contributed by atoms with Gasteiger partial charge < -0.3 is 14.9 Å². The van der Waals surface area contributed by atoms with Crippen LogP contribution in [0.3, 0.4) is 0 Å². The number of hydrogen-bond acceptors (Lipinski definition) is 5. The third kappa shape index (κ3) is 1.27. The lowest BCUT2D eigenvalue weighted by atomic mass is 10.0. The fraction of sp³-hybridized carbons (Fsp3) is 0.400. The molecule has 1 aliphatic rings. The number of aliphatic hydroxyl groups is 1. The molecule has 6 nitrogen and oxygen atoms in total. The second-order valence-corrected chi connectivity index (χ2v) is 3.86. The van der Waals surface area contributed by atoms with Crippen LogP contribution >= 0.6 is 0 Å². The highest BCUT2D eigenvalue weighted by Crippen LogP contribution is 2.26. The summed E-state index contributed by atoms with van der Waals surface area (Å²) in [7, 11) is 0. The van der Waals surface area contributed by atoms with Crippen molar-refractivity contribution in [2.45, 2.75) is 19.6 Å². The van der Waals surface area contributed by atoms with E-state index in [1.54, 1.807) is 10.7 Å². The topological polar surface area (TPSA) is 76.1 Å². The smallest absolute Gasteiger partial charge is 0.196 e. The summed E-state index contributed by atoms with van der Waals surface area (Å²) in [4.78, 5) is 0. The lowest BCUT2D eigenvalue weighted by Crippen LogP contribution is -2.27. The maximum Gasteiger partial charge on any atom is 0.196 e. The van der Waals surface area contributed by atoms with E-state index in [1.807, 2.05) is 6.92 Å². The van der Waals surface area contributed by atoms with Crippen molar-refractivity contribution in [2.24, 2.45) is 0 Å². The second kappa shape index (κ2) is 3.43. The Kier molecular flexibility index (Phi) is 2.05. The van der Waals surface area contributed by atoms with Crippen LogP contribution in [0.2, 0.25) is 0 Å². The zero-order chi connectivity index (χ0) is 11.1. The summed E-state index contributed by atoms with van der Waals surface area (Å²) in [5.74, 6) is 0.638. The Balaban J connectivity index is 2.15. The van der Waals surface area contributed by atoms with E-state index in [4.69, 9.17) is 4.52 Å². The summed E-state index contributed by atoms with van der Waals surface area (Å²) in [5, 5.41) is 21.3. The molecule has 2 N–H and O–H groups in total. The Morgan fingerprint density at radius 1 is 1.62 bits per heavy atom. The Morgan fingerprint density at radius 3 is 3.19 bits per heavy atom. The highest BCUT2D eigenvalue weighted by molar-refractivity contribution is 5.35. The number of β-amino-alcohol motifs (C(OH)–C–C–N with tert-alkyl or cyclic N) is 1. The van der Waals surface area contributed by atoms with Gasteiger partial charge in [-0.1, -0.05) is 5.16 Å². The summed E-state index contributed by atoms with van der Waals surface area (Å²) in [6.07, 6.45) is 1.01. The number of hydrogen-bond donors (Lipinski definition) is 2. The molecule has 0 spiro atoms. The lowest BCUT2D eigenvalue weighted by Gasteiger charge is -2.18. The van der Waals surface area contributed by atoms with Gasteiger partial charge in [-0.25, -0.2) is 4.68 Å². The molecule has 0 saturated heterocycles. The first-order valence-electron chi connectivity index (χ1n) is 5.15. The van der Waals surface area contributed by atoms with Gasteiger partial charge in [0, 0.05) is 30.4 Å². The minimum atomic E-state index is -0.496. The van der Waals surface area contributed by atoms with Crippen molar-refractivity contribution >= 4 is 0 Å². The molecule has 84 valence electrons. The predicted octanol–water partition coefficient (Wildman–Crippen LogP) is 0.305. The van der Waals surface area contributed by atoms with Gasteiger partial charge in [-0.05, 0) is 6.92 Å². The molecule has 0 bridgehead atoms. The van der Waals surface area contributed by atoms with Gasteiger partial charge in [-0.2, -0.15) is 5.10 Å². The van der Waals surface area contributed by atoms with Gasteiger partial charge in [0.2, 0.25) is 0 Å². The van der Waals surface area contributed by atoms with Crippen molar-refractivity contribution in [1.29, 1.82) is 0 Å². The molecular formula is C10H12N4O2. The third-order valence-electron chi connectivity index (χ3n) is 2.84. The van der Waals surface area contributed by atoms with Crippen molar-refractivity contribution in [3.05, 3.63) is 29.3 Å². The quantitative estimate of drug-likeness (QED) is 0.723.